The number of thioether (sulfide) groups is 1. The lowest BCUT2D eigenvalue weighted by Gasteiger charge is -2.19. The summed E-state index contributed by atoms with van der Waals surface area (Å²) in [5.41, 5.74) is 0. The third-order valence-corrected chi connectivity index (χ3v) is 4.38. The number of nitrogens with zero attached hydrogens (tertiary/aromatic N) is 1. The van der Waals surface area contributed by atoms with Crippen LogP contribution in [0.4, 0.5) is 0 Å². The van der Waals surface area contributed by atoms with E-state index in [1.54, 1.807) is 0 Å². The Kier molecular flexibility index (Phi) is 7.61. The number of benzene rings is 1. The van der Waals surface area contributed by atoms with E-state index in [1.165, 1.54) is 11.8 Å². The zero-order chi connectivity index (χ0) is 12.8. The lowest BCUT2D eigenvalue weighted by Crippen LogP contribution is -2.35. The molecule has 1 aromatic rings. The van der Waals surface area contributed by atoms with E-state index in [1.807, 2.05) is 29.2 Å². The Labute approximate surface area is 129 Å². The Morgan fingerprint density at radius 1 is 1.32 bits per heavy atom. The maximum absolute atomic E-state index is 12.1. The number of halogens is 2. The van der Waals surface area contributed by atoms with Gasteiger partial charge in [0.1, 0.15) is 0 Å². The van der Waals surface area contributed by atoms with Crippen molar-refractivity contribution in [3.63, 3.8) is 0 Å². The van der Waals surface area contributed by atoms with E-state index in [0.29, 0.717) is 10.8 Å². The van der Waals surface area contributed by atoms with Gasteiger partial charge in [0.25, 0.3) is 0 Å². The van der Waals surface area contributed by atoms with E-state index in [4.69, 9.17) is 11.6 Å². The molecule has 1 aliphatic heterocycles. The molecule has 0 unspecified atom stereocenters. The van der Waals surface area contributed by atoms with Crippen LogP contribution >= 0.6 is 35.8 Å². The molecule has 1 saturated heterocycles. The molecule has 106 valence electrons. The van der Waals surface area contributed by atoms with Crippen molar-refractivity contribution < 1.29 is 4.79 Å². The number of hydrogen-bond donors (Lipinski definition) is 1. The zero-order valence-electron chi connectivity index (χ0n) is 10.6. The van der Waals surface area contributed by atoms with E-state index < -0.39 is 0 Å². The van der Waals surface area contributed by atoms with Crippen LogP contribution in [-0.4, -0.2) is 42.7 Å². The van der Waals surface area contributed by atoms with Crippen LogP contribution in [0.1, 0.15) is 6.42 Å². The van der Waals surface area contributed by atoms with E-state index in [0.717, 1.165) is 37.5 Å². The molecule has 0 bridgehead atoms. The number of rotatable bonds is 3. The zero-order valence-corrected chi connectivity index (χ0v) is 13.0. The van der Waals surface area contributed by atoms with Crippen molar-refractivity contribution in [3.8, 4) is 0 Å². The van der Waals surface area contributed by atoms with Gasteiger partial charge >= 0.3 is 0 Å². The summed E-state index contributed by atoms with van der Waals surface area (Å²) in [6, 6.07) is 7.64. The molecule has 3 nitrogen and oxygen atoms in total. The van der Waals surface area contributed by atoms with Gasteiger partial charge in [-0.1, -0.05) is 23.7 Å². The molecule has 0 saturated carbocycles. The molecule has 19 heavy (non-hydrogen) atoms. The number of amides is 1. The maximum Gasteiger partial charge on any atom is 0.232 e. The average molecular weight is 321 g/mol. The van der Waals surface area contributed by atoms with Gasteiger partial charge in [0.2, 0.25) is 5.91 Å². The first kappa shape index (κ1) is 16.6. The summed E-state index contributed by atoms with van der Waals surface area (Å²) in [4.78, 5) is 15.0. The Morgan fingerprint density at radius 3 is 2.89 bits per heavy atom. The van der Waals surface area contributed by atoms with Crippen LogP contribution < -0.4 is 5.32 Å². The molecule has 0 aromatic heterocycles. The summed E-state index contributed by atoms with van der Waals surface area (Å²) >= 11 is 7.58. The van der Waals surface area contributed by atoms with Crippen LogP contribution in [0, 0.1) is 0 Å². The van der Waals surface area contributed by atoms with E-state index in [2.05, 4.69) is 5.32 Å². The molecule has 1 aliphatic rings. The van der Waals surface area contributed by atoms with Gasteiger partial charge in [-0.25, -0.2) is 0 Å². The maximum atomic E-state index is 12.1. The Hall–Kier alpha value is -0.420. The van der Waals surface area contributed by atoms with Gasteiger partial charge in [0.05, 0.1) is 10.8 Å². The van der Waals surface area contributed by atoms with Crippen LogP contribution in [0.25, 0.3) is 0 Å². The highest BCUT2D eigenvalue weighted by atomic mass is 35.5. The first-order valence-electron chi connectivity index (χ1n) is 6.13. The molecule has 1 fully saturated rings. The van der Waals surface area contributed by atoms with Gasteiger partial charge < -0.3 is 10.2 Å². The minimum atomic E-state index is 0. The number of carbonyl (C=O) groups excluding carboxylic acids is 1. The van der Waals surface area contributed by atoms with Crippen LogP contribution in [0.2, 0.25) is 5.02 Å². The lowest BCUT2D eigenvalue weighted by molar-refractivity contribution is -0.128. The van der Waals surface area contributed by atoms with E-state index in [-0.39, 0.29) is 18.3 Å². The van der Waals surface area contributed by atoms with Crippen molar-refractivity contribution in [2.45, 2.75) is 11.3 Å². The molecule has 1 N–H and O–H groups in total. The number of hydrogen-bond acceptors (Lipinski definition) is 3. The standard InChI is InChI=1S/C13H17ClN2OS.ClH/c14-11-4-1-2-5-12(11)18-10-13(17)16-8-3-6-15-7-9-16;/h1-2,4-5,15H,3,6-10H2;1H. The Bertz CT molecular complexity index is 409. The highest BCUT2D eigenvalue weighted by molar-refractivity contribution is 8.00. The normalized spacial score (nSPS) is 15.5. The summed E-state index contributed by atoms with van der Waals surface area (Å²) in [6.45, 7) is 3.56. The molecule has 0 spiro atoms. The Balaban J connectivity index is 0.00000180. The third kappa shape index (κ3) is 5.22. The first-order chi connectivity index (χ1) is 8.77. The first-order valence-corrected chi connectivity index (χ1v) is 7.49. The SMILES string of the molecule is Cl.O=C(CSc1ccccc1Cl)N1CCCNCC1. The molecule has 1 heterocycles. The molecular weight excluding hydrogens is 303 g/mol. The van der Waals surface area contributed by atoms with Crippen molar-refractivity contribution in [3.05, 3.63) is 29.3 Å². The van der Waals surface area contributed by atoms with Gasteiger partial charge in [-0.2, -0.15) is 0 Å². The van der Waals surface area contributed by atoms with Crippen LogP contribution in [-0.2, 0) is 4.79 Å². The highest BCUT2D eigenvalue weighted by Gasteiger charge is 2.15. The fraction of sp³-hybridized carbons (Fsp3) is 0.462. The fourth-order valence-electron chi connectivity index (χ4n) is 1.89. The third-order valence-electron chi connectivity index (χ3n) is 2.88. The van der Waals surface area contributed by atoms with E-state index >= 15 is 0 Å². The average Bonchev–Trinajstić information content (AvgIpc) is 2.66. The molecule has 6 heteroatoms. The second-order valence-corrected chi connectivity index (χ2v) is 5.63. The minimum absolute atomic E-state index is 0. The quantitative estimate of drug-likeness (QED) is 0.869. The summed E-state index contributed by atoms with van der Waals surface area (Å²) in [6.07, 6.45) is 1.03. The van der Waals surface area contributed by atoms with Crippen LogP contribution in [0.5, 0.6) is 0 Å². The van der Waals surface area contributed by atoms with Crippen LogP contribution in [0.3, 0.4) is 0 Å². The molecular formula is C13H18Cl2N2OS. The van der Waals surface area contributed by atoms with Gasteiger partial charge in [0.15, 0.2) is 0 Å². The number of nitrogens with one attached hydrogen (secondary N) is 1. The largest absolute Gasteiger partial charge is 0.341 e. The van der Waals surface area contributed by atoms with Crippen molar-refractivity contribution in [2.75, 3.05) is 31.9 Å². The highest BCUT2D eigenvalue weighted by Crippen LogP contribution is 2.26. The number of carbonyl (C=O) groups is 1. The van der Waals surface area contributed by atoms with Gasteiger partial charge in [0, 0.05) is 24.5 Å². The van der Waals surface area contributed by atoms with Gasteiger partial charge in [-0.05, 0) is 25.1 Å². The van der Waals surface area contributed by atoms with E-state index in [9.17, 15) is 4.79 Å². The molecule has 1 aromatic carbocycles. The second kappa shape index (κ2) is 8.69. The summed E-state index contributed by atoms with van der Waals surface area (Å²) in [5.74, 6) is 0.660. The Morgan fingerprint density at radius 2 is 2.11 bits per heavy atom. The monoisotopic (exact) mass is 320 g/mol. The predicted octanol–water partition coefficient (Wildman–Crippen LogP) is 2.68. The predicted molar refractivity (Wildman–Crippen MR) is 83.5 cm³/mol. The molecule has 0 atom stereocenters. The van der Waals surface area contributed by atoms with Crippen molar-refractivity contribution in [2.24, 2.45) is 0 Å². The second-order valence-electron chi connectivity index (χ2n) is 4.20. The smallest absolute Gasteiger partial charge is 0.232 e. The van der Waals surface area contributed by atoms with Crippen molar-refractivity contribution >= 4 is 41.7 Å². The van der Waals surface area contributed by atoms with Crippen molar-refractivity contribution in [1.29, 1.82) is 0 Å². The topological polar surface area (TPSA) is 32.3 Å². The van der Waals surface area contributed by atoms with Gasteiger partial charge in [-0.15, -0.1) is 24.2 Å². The molecule has 2 rings (SSSR count). The molecule has 1 amide bonds. The minimum Gasteiger partial charge on any atom is -0.341 e. The van der Waals surface area contributed by atoms with Crippen molar-refractivity contribution in [1.82, 2.24) is 10.2 Å². The summed E-state index contributed by atoms with van der Waals surface area (Å²) in [7, 11) is 0. The lowest BCUT2D eigenvalue weighted by atomic mass is 10.4. The van der Waals surface area contributed by atoms with Crippen LogP contribution in [0.15, 0.2) is 29.2 Å². The van der Waals surface area contributed by atoms with Gasteiger partial charge in [-0.3, -0.25) is 4.79 Å². The molecule has 0 aliphatic carbocycles. The summed E-state index contributed by atoms with van der Waals surface area (Å²) in [5, 5.41) is 4.01. The fourth-order valence-corrected chi connectivity index (χ4v) is 3.03. The summed E-state index contributed by atoms with van der Waals surface area (Å²) < 4.78 is 0. The molecule has 0 radical (unpaired) electrons.